The molecule has 1 aliphatic heterocycles. The van der Waals surface area contributed by atoms with Crippen LogP contribution in [0.4, 0.5) is 0 Å². The lowest BCUT2D eigenvalue weighted by atomic mass is 9.88. The second-order valence-electron chi connectivity index (χ2n) is 8.18. The fourth-order valence-electron chi connectivity index (χ4n) is 4.63. The number of aromatic amines is 1. The zero-order valence-corrected chi connectivity index (χ0v) is 17.3. The van der Waals surface area contributed by atoms with Gasteiger partial charge in [-0.25, -0.2) is 4.98 Å². The summed E-state index contributed by atoms with van der Waals surface area (Å²) in [5.41, 5.74) is 2.49. The van der Waals surface area contributed by atoms with Crippen molar-refractivity contribution in [2.45, 2.75) is 31.4 Å². The summed E-state index contributed by atoms with van der Waals surface area (Å²) in [6.07, 6.45) is 6.23. The van der Waals surface area contributed by atoms with Crippen LogP contribution in [0.15, 0.2) is 79.1 Å². The molecular formula is C26H27N3O. The number of likely N-dealkylation sites (tertiary alicyclic amines) is 1. The first-order chi connectivity index (χ1) is 14.8. The normalized spacial score (nSPS) is 18.0. The zero-order chi connectivity index (χ0) is 20.3. The molecule has 1 N–H and O–H groups in total. The molecule has 0 saturated carbocycles. The van der Waals surface area contributed by atoms with Gasteiger partial charge in [-0.05, 0) is 60.5 Å². The van der Waals surface area contributed by atoms with Crippen LogP contribution >= 0.6 is 0 Å². The fraction of sp³-hybridized carbons (Fsp3) is 0.269. The van der Waals surface area contributed by atoms with Crippen LogP contribution in [0.5, 0.6) is 5.75 Å². The van der Waals surface area contributed by atoms with Gasteiger partial charge < -0.3 is 14.6 Å². The van der Waals surface area contributed by atoms with Crippen molar-refractivity contribution in [3.05, 3.63) is 96.1 Å². The Morgan fingerprint density at radius 2 is 1.90 bits per heavy atom. The van der Waals surface area contributed by atoms with Gasteiger partial charge >= 0.3 is 0 Å². The van der Waals surface area contributed by atoms with Gasteiger partial charge in [-0.15, -0.1) is 0 Å². The fourth-order valence-corrected chi connectivity index (χ4v) is 4.63. The van der Waals surface area contributed by atoms with Crippen LogP contribution < -0.4 is 4.74 Å². The molecule has 152 valence electrons. The van der Waals surface area contributed by atoms with Crippen molar-refractivity contribution >= 4 is 10.8 Å². The van der Waals surface area contributed by atoms with Crippen LogP contribution in [0.3, 0.4) is 0 Å². The number of imidazole rings is 1. The number of likely N-dealkylation sites (N-methyl/N-ethyl adjacent to an activating group) is 1. The van der Waals surface area contributed by atoms with Crippen molar-refractivity contribution in [3.8, 4) is 5.75 Å². The number of nitrogens with zero attached hydrogens (tertiary/aromatic N) is 2. The van der Waals surface area contributed by atoms with Crippen molar-refractivity contribution in [1.29, 1.82) is 0 Å². The highest BCUT2D eigenvalue weighted by Gasteiger charge is 2.33. The van der Waals surface area contributed by atoms with Gasteiger partial charge in [0.05, 0.1) is 5.92 Å². The Morgan fingerprint density at radius 3 is 2.67 bits per heavy atom. The largest absolute Gasteiger partial charge is 0.489 e. The maximum Gasteiger partial charge on any atom is 0.120 e. The highest BCUT2D eigenvalue weighted by atomic mass is 16.5. The molecule has 4 heteroatoms. The standard InChI is InChI=1S/C26H27N3O/c1-29-15-5-8-24(29)25(26-27-13-14-28-26)22-10-9-21-17-23(12-11-20(21)16-22)30-18-19-6-3-2-4-7-19/h2-4,6-7,9-14,16-17,24-25H,5,8,15,18H2,1H3,(H,27,28). The molecule has 0 spiro atoms. The molecule has 5 rings (SSSR count). The second-order valence-corrected chi connectivity index (χ2v) is 8.18. The molecule has 0 amide bonds. The van der Waals surface area contributed by atoms with Gasteiger partial charge in [0.15, 0.2) is 0 Å². The Labute approximate surface area is 177 Å². The van der Waals surface area contributed by atoms with Crippen LogP contribution in [-0.4, -0.2) is 34.5 Å². The molecule has 2 heterocycles. The summed E-state index contributed by atoms with van der Waals surface area (Å²) >= 11 is 0. The van der Waals surface area contributed by atoms with Crippen molar-refractivity contribution in [1.82, 2.24) is 14.9 Å². The molecule has 1 saturated heterocycles. The highest BCUT2D eigenvalue weighted by molar-refractivity contribution is 5.84. The summed E-state index contributed by atoms with van der Waals surface area (Å²) in [6, 6.07) is 23.9. The van der Waals surface area contributed by atoms with Gasteiger partial charge in [-0.2, -0.15) is 0 Å². The number of ether oxygens (including phenoxy) is 1. The van der Waals surface area contributed by atoms with Crippen molar-refractivity contribution in [3.63, 3.8) is 0 Å². The summed E-state index contributed by atoms with van der Waals surface area (Å²) < 4.78 is 6.01. The smallest absolute Gasteiger partial charge is 0.120 e. The maximum atomic E-state index is 6.01. The zero-order valence-electron chi connectivity index (χ0n) is 17.3. The van der Waals surface area contributed by atoms with E-state index >= 15 is 0 Å². The monoisotopic (exact) mass is 397 g/mol. The van der Waals surface area contributed by atoms with Crippen molar-refractivity contribution in [2.75, 3.05) is 13.6 Å². The van der Waals surface area contributed by atoms with E-state index in [2.05, 4.69) is 70.4 Å². The third-order valence-corrected chi connectivity index (χ3v) is 6.22. The molecule has 1 fully saturated rings. The van der Waals surface area contributed by atoms with E-state index in [4.69, 9.17) is 4.74 Å². The predicted molar refractivity (Wildman–Crippen MR) is 121 cm³/mol. The summed E-state index contributed by atoms with van der Waals surface area (Å²) in [5.74, 6) is 2.21. The first-order valence-corrected chi connectivity index (χ1v) is 10.7. The number of benzene rings is 3. The lowest BCUT2D eigenvalue weighted by Crippen LogP contribution is -2.32. The molecule has 30 heavy (non-hydrogen) atoms. The number of aromatic nitrogens is 2. The molecule has 3 aromatic carbocycles. The Balaban J connectivity index is 1.42. The van der Waals surface area contributed by atoms with E-state index in [0.717, 1.165) is 18.1 Å². The summed E-state index contributed by atoms with van der Waals surface area (Å²) in [4.78, 5) is 10.5. The van der Waals surface area contributed by atoms with Crippen LogP contribution in [0.25, 0.3) is 10.8 Å². The number of fused-ring (bicyclic) bond motifs is 1. The van der Waals surface area contributed by atoms with Crippen LogP contribution in [-0.2, 0) is 6.61 Å². The average molecular weight is 398 g/mol. The topological polar surface area (TPSA) is 41.1 Å². The predicted octanol–water partition coefficient (Wildman–Crippen LogP) is 5.37. The van der Waals surface area contributed by atoms with E-state index in [1.165, 1.54) is 34.7 Å². The van der Waals surface area contributed by atoms with Gasteiger partial charge in [0.2, 0.25) is 0 Å². The Hall–Kier alpha value is -3.11. The Bertz CT molecular complexity index is 1110. The van der Waals surface area contributed by atoms with Crippen molar-refractivity contribution in [2.24, 2.45) is 0 Å². The van der Waals surface area contributed by atoms with E-state index in [0.29, 0.717) is 12.6 Å². The van der Waals surface area contributed by atoms with E-state index in [1.54, 1.807) is 0 Å². The SMILES string of the molecule is CN1CCCC1C(c1ccc2cc(OCc3ccccc3)ccc2c1)c1ncc[nH]1. The second kappa shape index (κ2) is 8.33. The third-order valence-electron chi connectivity index (χ3n) is 6.22. The number of rotatable bonds is 6. The summed E-state index contributed by atoms with van der Waals surface area (Å²) in [6.45, 7) is 1.73. The molecule has 0 aliphatic carbocycles. The van der Waals surface area contributed by atoms with E-state index in [-0.39, 0.29) is 5.92 Å². The quantitative estimate of drug-likeness (QED) is 0.476. The minimum absolute atomic E-state index is 0.255. The first kappa shape index (κ1) is 18.9. The third kappa shape index (κ3) is 3.83. The minimum Gasteiger partial charge on any atom is -0.489 e. The minimum atomic E-state index is 0.255. The average Bonchev–Trinajstić information content (AvgIpc) is 3.46. The lowest BCUT2D eigenvalue weighted by molar-refractivity contribution is 0.283. The molecule has 4 aromatic rings. The van der Waals surface area contributed by atoms with Gasteiger partial charge in [0, 0.05) is 18.4 Å². The highest BCUT2D eigenvalue weighted by Crippen LogP contribution is 2.35. The van der Waals surface area contributed by atoms with Gasteiger partial charge in [-0.3, -0.25) is 0 Å². The van der Waals surface area contributed by atoms with Crippen LogP contribution in [0.1, 0.15) is 35.7 Å². The van der Waals surface area contributed by atoms with E-state index in [1.807, 2.05) is 30.6 Å². The molecular weight excluding hydrogens is 370 g/mol. The lowest BCUT2D eigenvalue weighted by Gasteiger charge is -2.28. The van der Waals surface area contributed by atoms with Gasteiger partial charge in [0.1, 0.15) is 18.2 Å². The van der Waals surface area contributed by atoms with Crippen LogP contribution in [0.2, 0.25) is 0 Å². The number of nitrogens with one attached hydrogen (secondary N) is 1. The molecule has 0 radical (unpaired) electrons. The number of H-pyrrole nitrogens is 1. The number of hydrogen-bond acceptors (Lipinski definition) is 3. The molecule has 2 atom stereocenters. The van der Waals surface area contributed by atoms with E-state index in [9.17, 15) is 0 Å². The van der Waals surface area contributed by atoms with Crippen molar-refractivity contribution < 1.29 is 4.74 Å². The number of hydrogen-bond donors (Lipinski definition) is 1. The molecule has 1 aromatic heterocycles. The molecule has 0 bridgehead atoms. The van der Waals surface area contributed by atoms with E-state index < -0.39 is 0 Å². The van der Waals surface area contributed by atoms with Crippen LogP contribution in [0, 0.1) is 0 Å². The molecule has 1 aliphatic rings. The Morgan fingerprint density at radius 1 is 1.07 bits per heavy atom. The Kier molecular flexibility index (Phi) is 5.24. The molecule has 4 nitrogen and oxygen atoms in total. The summed E-state index contributed by atoms with van der Waals surface area (Å²) in [5, 5.41) is 2.43. The summed E-state index contributed by atoms with van der Waals surface area (Å²) in [7, 11) is 2.23. The van der Waals surface area contributed by atoms with Gasteiger partial charge in [0.25, 0.3) is 0 Å². The first-order valence-electron chi connectivity index (χ1n) is 10.7. The maximum absolute atomic E-state index is 6.01. The molecule has 2 unspecified atom stereocenters. The van der Waals surface area contributed by atoms with Gasteiger partial charge in [-0.1, -0.05) is 54.6 Å².